The van der Waals surface area contributed by atoms with E-state index < -0.39 is 0 Å². The molecule has 3 nitrogen and oxygen atoms in total. The maximum atomic E-state index is 8.75. The fraction of sp³-hybridized carbons (Fsp3) is 0.533. The van der Waals surface area contributed by atoms with Gasteiger partial charge in [0.25, 0.3) is 0 Å². The standard InChI is InChI=1S/C15H19NO2/c1-2-3-4-14-10-18-15(11-17-14)13-7-5-12(9-16)6-8-13/h5-8,14-15H,2-4,10-11H2,1H3/t14-,15-/m0/s1. The summed E-state index contributed by atoms with van der Waals surface area (Å²) in [5.74, 6) is 0. The molecule has 0 aliphatic carbocycles. The van der Waals surface area contributed by atoms with Crippen molar-refractivity contribution in [3.8, 4) is 6.07 Å². The molecule has 2 atom stereocenters. The van der Waals surface area contributed by atoms with Crippen LogP contribution in [0.15, 0.2) is 24.3 Å². The number of hydrogen-bond acceptors (Lipinski definition) is 3. The Bertz CT molecular complexity index is 399. The van der Waals surface area contributed by atoms with E-state index in [1.54, 1.807) is 0 Å². The molecule has 96 valence electrons. The van der Waals surface area contributed by atoms with Crippen molar-refractivity contribution in [2.45, 2.75) is 38.4 Å². The first-order valence-electron chi connectivity index (χ1n) is 6.56. The number of nitriles is 1. The van der Waals surface area contributed by atoms with Gasteiger partial charge in [-0.05, 0) is 24.1 Å². The zero-order chi connectivity index (χ0) is 12.8. The summed E-state index contributed by atoms with van der Waals surface area (Å²) in [5.41, 5.74) is 1.76. The second-order valence-electron chi connectivity index (χ2n) is 4.65. The average Bonchev–Trinajstić information content (AvgIpc) is 2.46. The topological polar surface area (TPSA) is 42.2 Å². The molecule has 1 aliphatic rings. The molecule has 0 N–H and O–H groups in total. The van der Waals surface area contributed by atoms with Gasteiger partial charge in [0.2, 0.25) is 0 Å². The quantitative estimate of drug-likeness (QED) is 0.818. The van der Waals surface area contributed by atoms with Crippen LogP contribution >= 0.6 is 0 Å². The zero-order valence-corrected chi connectivity index (χ0v) is 10.8. The van der Waals surface area contributed by atoms with Crippen LogP contribution in [0.4, 0.5) is 0 Å². The Balaban J connectivity index is 1.87. The zero-order valence-electron chi connectivity index (χ0n) is 10.8. The van der Waals surface area contributed by atoms with E-state index in [9.17, 15) is 0 Å². The maximum Gasteiger partial charge on any atom is 0.106 e. The largest absolute Gasteiger partial charge is 0.373 e. The van der Waals surface area contributed by atoms with Gasteiger partial charge in [-0.25, -0.2) is 0 Å². The van der Waals surface area contributed by atoms with Crippen molar-refractivity contribution in [3.05, 3.63) is 35.4 Å². The van der Waals surface area contributed by atoms with Crippen molar-refractivity contribution >= 4 is 0 Å². The third-order valence-corrected chi connectivity index (χ3v) is 3.26. The molecule has 0 amide bonds. The highest BCUT2D eigenvalue weighted by Crippen LogP contribution is 2.24. The van der Waals surface area contributed by atoms with Gasteiger partial charge in [0, 0.05) is 0 Å². The Morgan fingerprint density at radius 3 is 2.56 bits per heavy atom. The van der Waals surface area contributed by atoms with Gasteiger partial charge >= 0.3 is 0 Å². The SMILES string of the molecule is CCCC[C@H]1CO[C@H](c2ccc(C#N)cc2)CO1. The summed E-state index contributed by atoms with van der Waals surface area (Å²) in [6.45, 7) is 3.47. The van der Waals surface area contributed by atoms with E-state index in [1.165, 1.54) is 12.8 Å². The highest BCUT2D eigenvalue weighted by atomic mass is 16.6. The fourth-order valence-electron chi connectivity index (χ4n) is 2.11. The van der Waals surface area contributed by atoms with Gasteiger partial charge in [0.05, 0.1) is 31.0 Å². The van der Waals surface area contributed by atoms with Crippen molar-refractivity contribution in [2.24, 2.45) is 0 Å². The van der Waals surface area contributed by atoms with Gasteiger partial charge in [-0.1, -0.05) is 31.9 Å². The van der Waals surface area contributed by atoms with Gasteiger partial charge < -0.3 is 9.47 Å². The minimum Gasteiger partial charge on any atom is -0.373 e. The molecular weight excluding hydrogens is 226 g/mol. The number of rotatable bonds is 4. The van der Waals surface area contributed by atoms with Crippen LogP contribution in [0.2, 0.25) is 0 Å². The third kappa shape index (κ3) is 3.32. The first-order valence-corrected chi connectivity index (χ1v) is 6.56. The number of nitrogens with zero attached hydrogens (tertiary/aromatic N) is 1. The van der Waals surface area contributed by atoms with Gasteiger partial charge in [-0.3, -0.25) is 0 Å². The molecule has 1 aromatic rings. The lowest BCUT2D eigenvalue weighted by Crippen LogP contribution is -2.31. The van der Waals surface area contributed by atoms with Crippen LogP contribution in [0.3, 0.4) is 0 Å². The molecule has 3 heteroatoms. The highest BCUT2D eigenvalue weighted by molar-refractivity contribution is 5.32. The summed E-state index contributed by atoms with van der Waals surface area (Å²) in [7, 11) is 0. The molecule has 1 aromatic carbocycles. The summed E-state index contributed by atoms with van der Waals surface area (Å²) >= 11 is 0. The highest BCUT2D eigenvalue weighted by Gasteiger charge is 2.22. The lowest BCUT2D eigenvalue weighted by Gasteiger charge is -2.29. The fourth-order valence-corrected chi connectivity index (χ4v) is 2.11. The van der Waals surface area contributed by atoms with E-state index in [-0.39, 0.29) is 12.2 Å². The lowest BCUT2D eigenvalue weighted by molar-refractivity contribution is -0.137. The molecule has 18 heavy (non-hydrogen) atoms. The maximum absolute atomic E-state index is 8.75. The van der Waals surface area contributed by atoms with Crippen LogP contribution in [0.5, 0.6) is 0 Å². The van der Waals surface area contributed by atoms with Crippen LogP contribution in [-0.2, 0) is 9.47 Å². The summed E-state index contributed by atoms with van der Waals surface area (Å²) in [5, 5.41) is 8.75. The first-order chi connectivity index (χ1) is 8.83. The predicted molar refractivity (Wildman–Crippen MR) is 69.1 cm³/mol. The molecule has 1 aliphatic heterocycles. The molecule has 0 radical (unpaired) electrons. The number of ether oxygens (including phenoxy) is 2. The summed E-state index contributed by atoms with van der Waals surface area (Å²) in [6, 6.07) is 9.64. The Morgan fingerprint density at radius 2 is 2.00 bits per heavy atom. The van der Waals surface area contributed by atoms with Crippen molar-refractivity contribution in [1.29, 1.82) is 5.26 Å². The Labute approximate surface area is 108 Å². The van der Waals surface area contributed by atoms with E-state index in [2.05, 4.69) is 13.0 Å². The molecule has 1 fully saturated rings. The monoisotopic (exact) mass is 245 g/mol. The summed E-state index contributed by atoms with van der Waals surface area (Å²) in [6.07, 6.45) is 3.72. The smallest absolute Gasteiger partial charge is 0.106 e. The summed E-state index contributed by atoms with van der Waals surface area (Å²) < 4.78 is 11.7. The molecule has 1 saturated heterocycles. The molecule has 0 spiro atoms. The molecule has 0 bridgehead atoms. The van der Waals surface area contributed by atoms with E-state index >= 15 is 0 Å². The van der Waals surface area contributed by atoms with Crippen molar-refractivity contribution in [2.75, 3.05) is 13.2 Å². The molecule has 0 unspecified atom stereocenters. The van der Waals surface area contributed by atoms with Crippen LogP contribution in [0.25, 0.3) is 0 Å². The average molecular weight is 245 g/mol. The minimum atomic E-state index is 0.00983. The molecular formula is C15H19NO2. The second-order valence-corrected chi connectivity index (χ2v) is 4.65. The van der Waals surface area contributed by atoms with Gasteiger partial charge in [0.1, 0.15) is 6.10 Å². The number of benzene rings is 1. The summed E-state index contributed by atoms with van der Waals surface area (Å²) in [4.78, 5) is 0. The lowest BCUT2D eigenvalue weighted by atomic mass is 10.1. The second kappa shape index (κ2) is 6.53. The third-order valence-electron chi connectivity index (χ3n) is 3.26. The van der Waals surface area contributed by atoms with E-state index in [1.807, 2.05) is 24.3 Å². The van der Waals surface area contributed by atoms with Gasteiger partial charge in [-0.2, -0.15) is 5.26 Å². The first kappa shape index (κ1) is 13.1. The van der Waals surface area contributed by atoms with Crippen molar-refractivity contribution < 1.29 is 9.47 Å². The molecule has 2 rings (SSSR count). The van der Waals surface area contributed by atoms with Crippen LogP contribution in [0, 0.1) is 11.3 Å². The Kier molecular flexibility index (Phi) is 4.74. The molecule has 1 heterocycles. The van der Waals surface area contributed by atoms with Crippen LogP contribution in [-0.4, -0.2) is 19.3 Å². The Morgan fingerprint density at radius 1 is 1.22 bits per heavy atom. The van der Waals surface area contributed by atoms with Crippen molar-refractivity contribution in [1.82, 2.24) is 0 Å². The predicted octanol–water partition coefficient (Wildman–Crippen LogP) is 3.20. The number of unbranched alkanes of at least 4 members (excludes halogenated alkanes) is 1. The van der Waals surface area contributed by atoms with Gasteiger partial charge in [0.15, 0.2) is 0 Å². The van der Waals surface area contributed by atoms with Crippen molar-refractivity contribution in [3.63, 3.8) is 0 Å². The van der Waals surface area contributed by atoms with Crippen LogP contribution < -0.4 is 0 Å². The minimum absolute atomic E-state index is 0.00983. The molecule has 0 saturated carbocycles. The van der Waals surface area contributed by atoms with E-state index in [0.717, 1.165) is 12.0 Å². The normalized spacial score (nSPS) is 23.6. The van der Waals surface area contributed by atoms with Gasteiger partial charge in [-0.15, -0.1) is 0 Å². The van der Waals surface area contributed by atoms with Crippen LogP contribution in [0.1, 0.15) is 43.4 Å². The van der Waals surface area contributed by atoms with E-state index in [4.69, 9.17) is 14.7 Å². The molecule has 0 aromatic heterocycles. The number of hydrogen-bond donors (Lipinski definition) is 0. The van der Waals surface area contributed by atoms with E-state index in [0.29, 0.717) is 18.8 Å². The Hall–Kier alpha value is -1.37.